The SMILES string of the molecule is Cc1cc(N2CCN(c3ccncc3C#N)CC2)nnc1Cc1ccccc1. The molecule has 4 rings (SSSR count). The Morgan fingerprint density at radius 2 is 1.75 bits per heavy atom. The van der Waals surface area contributed by atoms with Crippen LogP contribution in [0.25, 0.3) is 0 Å². The van der Waals surface area contributed by atoms with Gasteiger partial charge in [-0.2, -0.15) is 10.4 Å². The number of nitriles is 1. The van der Waals surface area contributed by atoms with Crippen LogP contribution in [-0.2, 0) is 6.42 Å². The molecule has 1 aromatic carbocycles. The van der Waals surface area contributed by atoms with Crippen LogP contribution in [0.15, 0.2) is 54.9 Å². The van der Waals surface area contributed by atoms with Crippen LogP contribution >= 0.6 is 0 Å². The van der Waals surface area contributed by atoms with E-state index in [1.54, 1.807) is 12.4 Å². The molecular formula is C22H22N6. The van der Waals surface area contributed by atoms with Crippen molar-refractivity contribution in [2.24, 2.45) is 0 Å². The molecule has 0 atom stereocenters. The van der Waals surface area contributed by atoms with E-state index in [0.717, 1.165) is 55.4 Å². The van der Waals surface area contributed by atoms with E-state index in [2.05, 4.69) is 56.2 Å². The summed E-state index contributed by atoms with van der Waals surface area (Å²) in [5.74, 6) is 0.921. The fourth-order valence-electron chi connectivity index (χ4n) is 3.54. The van der Waals surface area contributed by atoms with Gasteiger partial charge in [-0.25, -0.2) is 0 Å². The second kappa shape index (κ2) is 8.05. The Hall–Kier alpha value is -3.46. The number of nitrogens with zero attached hydrogens (tertiary/aromatic N) is 6. The maximum absolute atomic E-state index is 9.30. The van der Waals surface area contributed by atoms with Crippen molar-refractivity contribution in [2.75, 3.05) is 36.0 Å². The first-order valence-corrected chi connectivity index (χ1v) is 9.46. The molecule has 0 spiro atoms. The van der Waals surface area contributed by atoms with Crippen molar-refractivity contribution >= 4 is 11.5 Å². The first kappa shape index (κ1) is 17.9. The van der Waals surface area contributed by atoms with Crippen molar-refractivity contribution in [3.63, 3.8) is 0 Å². The van der Waals surface area contributed by atoms with Crippen molar-refractivity contribution < 1.29 is 0 Å². The van der Waals surface area contributed by atoms with Crippen LogP contribution in [0, 0.1) is 18.3 Å². The van der Waals surface area contributed by atoms with Gasteiger partial charge in [0.1, 0.15) is 6.07 Å². The number of benzene rings is 1. The van der Waals surface area contributed by atoms with Crippen LogP contribution in [-0.4, -0.2) is 41.4 Å². The molecule has 0 N–H and O–H groups in total. The van der Waals surface area contributed by atoms with Gasteiger partial charge in [-0.15, -0.1) is 5.10 Å². The number of hydrogen-bond donors (Lipinski definition) is 0. The lowest BCUT2D eigenvalue weighted by molar-refractivity contribution is 0.641. The lowest BCUT2D eigenvalue weighted by atomic mass is 10.1. The van der Waals surface area contributed by atoms with E-state index in [1.807, 2.05) is 24.3 Å². The average Bonchev–Trinajstić information content (AvgIpc) is 2.76. The summed E-state index contributed by atoms with van der Waals surface area (Å²) in [6, 6.07) is 16.6. The van der Waals surface area contributed by atoms with Crippen molar-refractivity contribution in [1.82, 2.24) is 15.2 Å². The van der Waals surface area contributed by atoms with Crippen LogP contribution in [0.3, 0.4) is 0 Å². The number of anilines is 2. The molecule has 0 radical (unpaired) electrons. The number of hydrogen-bond acceptors (Lipinski definition) is 6. The molecule has 1 aliphatic rings. The van der Waals surface area contributed by atoms with Crippen LogP contribution in [0.4, 0.5) is 11.5 Å². The fraction of sp³-hybridized carbons (Fsp3) is 0.273. The van der Waals surface area contributed by atoms with Crippen LogP contribution in [0.2, 0.25) is 0 Å². The largest absolute Gasteiger partial charge is 0.367 e. The highest BCUT2D eigenvalue weighted by molar-refractivity contribution is 5.59. The minimum absolute atomic E-state index is 0.622. The first-order valence-electron chi connectivity index (χ1n) is 9.46. The Morgan fingerprint density at radius 1 is 1.00 bits per heavy atom. The molecule has 1 fully saturated rings. The van der Waals surface area contributed by atoms with Gasteiger partial charge in [-0.05, 0) is 30.2 Å². The van der Waals surface area contributed by atoms with E-state index in [9.17, 15) is 5.26 Å². The molecule has 6 heteroatoms. The predicted octanol–water partition coefficient (Wildman–Crippen LogP) is 2.97. The molecule has 0 bridgehead atoms. The summed E-state index contributed by atoms with van der Waals surface area (Å²) in [4.78, 5) is 8.54. The van der Waals surface area contributed by atoms with Crippen molar-refractivity contribution in [1.29, 1.82) is 5.26 Å². The Kier molecular flexibility index (Phi) is 5.16. The first-order chi connectivity index (χ1) is 13.7. The van der Waals surface area contributed by atoms with E-state index in [-0.39, 0.29) is 0 Å². The lowest BCUT2D eigenvalue weighted by Crippen LogP contribution is -2.47. The van der Waals surface area contributed by atoms with Gasteiger partial charge in [0.25, 0.3) is 0 Å². The minimum atomic E-state index is 0.622. The number of aryl methyl sites for hydroxylation is 1. The van der Waals surface area contributed by atoms with E-state index < -0.39 is 0 Å². The van der Waals surface area contributed by atoms with Crippen molar-refractivity contribution in [2.45, 2.75) is 13.3 Å². The molecule has 0 aliphatic carbocycles. The Morgan fingerprint density at radius 3 is 2.46 bits per heavy atom. The summed E-state index contributed by atoms with van der Waals surface area (Å²) in [5, 5.41) is 18.3. The third-order valence-electron chi connectivity index (χ3n) is 5.15. The van der Waals surface area contributed by atoms with Crippen LogP contribution < -0.4 is 9.80 Å². The number of aromatic nitrogens is 3. The van der Waals surface area contributed by atoms with Crippen LogP contribution in [0.1, 0.15) is 22.4 Å². The quantitative estimate of drug-likeness (QED) is 0.703. The average molecular weight is 370 g/mol. The molecule has 3 aromatic rings. The zero-order valence-electron chi connectivity index (χ0n) is 15.9. The molecule has 1 aliphatic heterocycles. The predicted molar refractivity (Wildman–Crippen MR) is 109 cm³/mol. The molecule has 0 unspecified atom stereocenters. The molecule has 3 heterocycles. The second-order valence-electron chi connectivity index (χ2n) is 6.97. The smallest absolute Gasteiger partial charge is 0.151 e. The molecule has 6 nitrogen and oxygen atoms in total. The number of rotatable bonds is 4. The topological polar surface area (TPSA) is 68.9 Å². The maximum atomic E-state index is 9.30. The van der Waals surface area contributed by atoms with Gasteiger partial charge in [-0.3, -0.25) is 4.98 Å². The molecular weight excluding hydrogens is 348 g/mol. The highest BCUT2D eigenvalue weighted by atomic mass is 15.3. The van der Waals surface area contributed by atoms with E-state index in [4.69, 9.17) is 0 Å². The summed E-state index contributed by atoms with van der Waals surface area (Å²) >= 11 is 0. The molecule has 1 saturated heterocycles. The second-order valence-corrected chi connectivity index (χ2v) is 6.97. The normalized spacial score (nSPS) is 14.0. The van der Waals surface area contributed by atoms with Crippen molar-refractivity contribution in [3.8, 4) is 6.07 Å². The summed E-state index contributed by atoms with van der Waals surface area (Å²) in [5.41, 5.74) is 5.00. The minimum Gasteiger partial charge on any atom is -0.367 e. The van der Waals surface area contributed by atoms with E-state index in [0.29, 0.717) is 5.56 Å². The highest BCUT2D eigenvalue weighted by Gasteiger charge is 2.21. The zero-order chi connectivity index (χ0) is 19.3. The molecule has 2 aromatic heterocycles. The van der Waals surface area contributed by atoms with Gasteiger partial charge in [0.15, 0.2) is 5.82 Å². The Bertz CT molecular complexity index is 987. The Labute approximate surface area is 165 Å². The van der Waals surface area contributed by atoms with Gasteiger partial charge >= 0.3 is 0 Å². The number of pyridine rings is 1. The monoisotopic (exact) mass is 370 g/mol. The van der Waals surface area contributed by atoms with Gasteiger partial charge < -0.3 is 9.80 Å². The molecule has 0 saturated carbocycles. The molecule has 28 heavy (non-hydrogen) atoms. The van der Waals surface area contributed by atoms with Crippen LogP contribution in [0.5, 0.6) is 0 Å². The standard InChI is InChI=1S/C22H22N6/c1-17-13-22(26-25-20(17)14-18-5-3-2-4-6-18)28-11-9-27(10-12-28)21-7-8-24-16-19(21)15-23/h2-8,13,16H,9-12,14H2,1H3. The van der Waals surface area contributed by atoms with E-state index in [1.165, 1.54) is 5.56 Å². The van der Waals surface area contributed by atoms with Gasteiger partial charge in [0.2, 0.25) is 0 Å². The summed E-state index contributed by atoms with van der Waals surface area (Å²) < 4.78 is 0. The number of piperazine rings is 1. The fourth-order valence-corrected chi connectivity index (χ4v) is 3.54. The maximum Gasteiger partial charge on any atom is 0.151 e. The lowest BCUT2D eigenvalue weighted by Gasteiger charge is -2.36. The molecule has 140 valence electrons. The highest BCUT2D eigenvalue weighted by Crippen LogP contribution is 2.23. The van der Waals surface area contributed by atoms with E-state index >= 15 is 0 Å². The van der Waals surface area contributed by atoms with Gasteiger partial charge in [0, 0.05) is 45.0 Å². The molecule has 0 amide bonds. The zero-order valence-corrected chi connectivity index (χ0v) is 15.9. The third kappa shape index (κ3) is 3.79. The summed E-state index contributed by atoms with van der Waals surface area (Å²) in [7, 11) is 0. The third-order valence-corrected chi connectivity index (χ3v) is 5.15. The summed E-state index contributed by atoms with van der Waals surface area (Å²) in [6.45, 7) is 5.47. The van der Waals surface area contributed by atoms with Gasteiger partial charge in [-0.1, -0.05) is 30.3 Å². The van der Waals surface area contributed by atoms with Crippen molar-refractivity contribution in [3.05, 3.63) is 77.2 Å². The Balaban J connectivity index is 1.43. The summed E-state index contributed by atoms with van der Waals surface area (Å²) in [6.07, 6.45) is 4.16. The van der Waals surface area contributed by atoms with Gasteiger partial charge in [0.05, 0.1) is 16.9 Å².